The second-order valence-corrected chi connectivity index (χ2v) is 5.01. The molecule has 4 aromatic rings. The van der Waals surface area contributed by atoms with E-state index in [9.17, 15) is 0 Å². The van der Waals surface area contributed by atoms with Crippen molar-refractivity contribution in [2.75, 3.05) is 0 Å². The third kappa shape index (κ3) is 3.24. The van der Waals surface area contributed by atoms with E-state index in [-0.39, 0.29) is 32.7 Å². The Morgan fingerprint density at radius 2 is 1.65 bits per heavy atom. The molecule has 107 valence electrons. The van der Waals surface area contributed by atoms with Gasteiger partial charge in [0.05, 0.1) is 0 Å². The van der Waals surface area contributed by atoms with Crippen molar-refractivity contribution in [1.29, 1.82) is 0 Å². The van der Waals surface area contributed by atoms with E-state index in [4.69, 9.17) is 0 Å². The molecule has 23 heavy (non-hydrogen) atoms. The summed E-state index contributed by atoms with van der Waals surface area (Å²) < 4.78 is 0. The van der Waals surface area contributed by atoms with E-state index in [2.05, 4.69) is 40.4 Å². The molecule has 2 aromatic heterocycles. The zero-order valence-electron chi connectivity index (χ0n) is 12.4. The Morgan fingerprint density at radius 1 is 0.783 bits per heavy atom. The van der Waals surface area contributed by atoms with Crippen LogP contribution in [0.4, 0.5) is 0 Å². The van der Waals surface area contributed by atoms with Crippen molar-refractivity contribution in [2.24, 2.45) is 0 Å². The molecule has 0 aliphatic carbocycles. The van der Waals surface area contributed by atoms with Gasteiger partial charge in [0.15, 0.2) is 0 Å². The van der Waals surface area contributed by atoms with E-state index < -0.39 is 0 Å². The first-order valence-corrected chi connectivity index (χ1v) is 7.12. The summed E-state index contributed by atoms with van der Waals surface area (Å²) in [5.41, 5.74) is 3.64. The molecule has 0 bridgehead atoms. The summed E-state index contributed by atoms with van der Waals surface area (Å²) in [6.07, 6.45) is 4.89. The van der Waals surface area contributed by atoms with Gasteiger partial charge in [-0.25, -0.2) is 11.1 Å². The van der Waals surface area contributed by atoms with Crippen LogP contribution in [-0.4, -0.2) is 9.97 Å². The zero-order valence-corrected chi connectivity index (χ0v) is 15.2. The maximum Gasteiger partial charge on any atom is 0.0465 e. The van der Waals surface area contributed by atoms with Gasteiger partial charge in [-0.15, -0.1) is 29.0 Å². The van der Waals surface area contributed by atoms with E-state index >= 15 is 0 Å². The van der Waals surface area contributed by atoms with Gasteiger partial charge in [-0.05, 0) is 12.1 Å². The summed E-state index contributed by atoms with van der Waals surface area (Å²) in [5.74, 6) is 0. The summed E-state index contributed by atoms with van der Waals surface area (Å²) in [6.45, 7) is 0. The molecule has 3 heteroatoms. The Bertz CT molecular complexity index is 914. The largest absolute Gasteiger partial charge is 0.361 e. The van der Waals surface area contributed by atoms with Crippen molar-refractivity contribution in [2.45, 2.75) is 0 Å². The summed E-state index contributed by atoms with van der Waals surface area (Å²) in [4.78, 5) is 8.74. The van der Waals surface area contributed by atoms with Crippen LogP contribution in [0.25, 0.3) is 33.3 Å². The third-order valence-electron chi connectivity index (χ3n) is 3.62. The molecule has 0 saturated heterocycles. The van der Waals surface area contributed by atoms with Crippen LogP contribution in [-0.2, 0) is 32.7 Å². The fraction of sp³-hybridized carbons (Fsp3) is 0. The first-order valence-electron chi connectivity index (χ1n) is 7.12. The smallest absolute Gasteiger partial charge is 0.0465 e. The number of aromatic nitrogens is 2. The molecule has 0 saturated carbocycles. The molecule has 0 aliphatic rings. The summed E-state index contributed by atoms with van der Waals surface area (Å²) in [5, 5.41) is 2.35. The standard InChI is InChI=1S/C20H12N2.Y/c1-2-8-17-15(6-1)7-5-9-18(17)16-11-12-20(22-14-16)19-10-3-4-13-21-19;/h1-8,10-13H;/q-2;. The van der Waals surface area contributed by atoms with Gasteiger partial charge in [0.25, 0.3) is 0 Å². The average Bonchev–Trinajstić information content (AvgIpc) is 2.62. The molecular formula is C20H12N2Y-2. The number of pyridine rings is 2. The van der Waals surface area contributed by atoms with Gasteiger partial charge in [-0.3, -0.25) is 4.98 Å². The van der Waals surface area contributed by atoms with Crippen molar-refractivity contribution in [3.05, 3.63) is 85.2 Å². The van der Waals surface area contributed by atoms with Gasteiger partial charge < -0.3 is 4.98 Å². The predicted octanol–water partition coefficient (Wildman–Crippen LogP) is 4.56. The normalized spacial score (nSPS) is 10.3. The number of hydrogen-bond acceptors (Lipinski definition) is 2. The molecular weight excluding hydrogens is 357 g/mol. The monoisotopic (exact) mass is 369 g/mol. The molecule has 0 atom stereocenters. The summed E-state index contributed by atoms with van der Waals surface area (Å²) in [7, 11) is 0. The van der Waals surface area contributed by atoms with Gasteiger partial charge >= 0.3 is 0 Å². The number of rotatable bonds is 2. The van der Waals surface area contributed by atoms with Crippen molar-refractivity contribution < 1.29 is 32.7 Å². The number of hydrogen-bond donors (Lipinski definition) is 0. The van der Waals surface area contributed by atoms with Crippen LogP contribution in [0.2, 0.25) is 0 Å². The first kappa shape index (κ1) is 16.0. The molecule has 0 fully saturated rings. The van der Waals surface area contributed by atoms with Gasteiger partial charge in [-0.2, -0.15) is 18.2 Å². The van der Waals surface area contributed by atoms with E-state index in [1.54, 1.807) is 6.20 Å². The topological polar surface area (TPSA) is 25.8 Å². The Morgan fingerprint density at radius 3 is 2.43 bits per heavy atom. The van der Waals surface area contributed by atoms with Crippen molar-refractivity contribution in [3.8, 4) is 22.5 Å². The molecule has 0 amide bonds. The van der Waals surface area contributed by atoms with Crippen LogP contribution >= 0.6 is 0 Å². The van der Waals surface area contributed by atoms with Gasteiger partial charge in [-0.1, -0.05) is 30.5 Å². The fourth-order valence-electron chi connectivity index (χ4n) is 2.54. The average molecular weight is 369 g/mol. The van der Waals surface area contributed by atoms with E-state index in [1.165, 1.54) is 5.39 Å². The fourth-order valence-corrected chi connectivity index (χ4v) is 2.54. The maximum atomic E-state index is 4.42. The van der Waals surface area contributed by atoms with Crippen molar-refractivity contribution >= 4 is 10.8 Å². The Kier molecular flexibility index (Phi) is 4.95. The molecule has 2 nitrogen and oxygen atoms in total. The van der Waals surface area contributed by atoms with Crippen LogP contribution in [0.15, 0.2) is 72.9 Å². The van der Waals surface area contributed by atoms with E-state index in [0.717, 1.165) is 27.9 Å². The molecule has 1 radical (unpaired) electrons. The molecule has 0 unspecified atom stereocenters. The van der Waals surface area contributed by atoms with Crippen molar-refractivity contribution in [3.63, 3.8) is 0 Å². The maximum absolute atomic E-state index is 4.42. The van der Waals surface area contributed by atoms with E-state index in [1.807, 2.05) is 48.5 Å². The summed E-state index contributed by atoms with van der Waals surface area (Å²) in [6, 6.07) is 25.4. The van der Waals surface area contributed by atoms with Crippen LogP contribution in [0, 0.1) is 12.3 Å². The third-order valence-corrected chi connectivity index (χ3v) is 3.62. The molecule has 0 spiro atoms. The van der Waals surface area contributed by atoms with Gasteiger partial charge in [0, 0.05) is 50.3 Å². The Labute approximate surface area is 160 Å². The molecule has 0 aliphatic heterocycles. The minimum Gasteiger partial charge on any atom is -0.361 e. The first-order chi connectivity index (χ1) is 10.9. The second kappa shape index (κ2) is 7.12. The predicted molar refractivity (Wildman–Crippen MR) is 88.1 cm³/mol. The number of nitrogens with zero attached hydrogens (tertiary/aromatic N) is 2. The quantitative estimate of drug-likeness (QED) is 0.484. The van der Waals surface area contributed by atoms with Crippen molar-refractivity contribution in [1.82, 2.24) is 9.97 Å². The molecule has 2 heterocycles. The van der Waals surface area contributed by atoms with Crippen LogP contribution in [0.1, 0.15) is 0 Å². The molecule has 2 aromatic carbocycles. The van der Waals surface area contributed by atoms with Crippen LogP contribution < -0.4 is 0 Å². The number of fused-ring (bicyclic) bond motifs is 1. The summed E-state index contributed by atoms with van der Waals surface area (Å²) >= 11 is 0. The second-order valence-electron chi connectivity index (χ2n) is 5.01. The Hall–Kier alpha value is -1.90. The van der Waals surface area contributed by atoms with Gasteiger partial charge in [0.2, 0.25) is 0 Å². The minimum atomic E-state index is 0. The number of benzene rings is 2. The Balaban J connectivity index is 0.00000156. The zero-order chi connectivity index (χ0) is 14.8. The molecule has 4 rings (SSSR count). The van der Waals surface area contributed by atoms with Crippen LogP contribution in [0.3, 0.4) is 0 Å². The molecule has 0 N–H and O–H groups in total. The van der Waals surface area contributed by atoms with E-state index in [0.29, 0.717) is 0 Å². The SMILES string of the molecule is [Y].[c-]1nc(-c2ccccn2)ccc1-c1[c-]ccc2ccccc12. The minimum absolute atomic E-state index is 0. The van der Waals surface area contributed by atoms with Crippen LogP contribution in [0.5, 0.6) is 0 Å². The van der Waals surface area contributed by atoms with Gasteiger partial charge in [0.1, 0.15) is 0 Å².